The Morgan fingerprint density at radius 2 is 1.66 bits per heavy atom. The molecule has 1 aromatic rings. The standard InChI is InChI=1S/C32H51N3O6/c1-22(2)31(33-23(3)36)32(40)34-26(17-11-16-24-12-7-5-8-13-24)21-28(37)27(20-25-14-9-6-10-15-25)35-29(38)18-19-30(39)41-4/h6,9-10,14-15,22,24,26-28,31,37H,5,7-8,11-13,16-21H2,1-4H3,(H,33,36)(H,34,40)(H,35,38)/t26?,27?,28-,31-/m0/s1. The van der Waals surface area contributed by atoms with E-state index < -0.39 is 24.2 Å². The fourth-order valence-corrected chi connectivity index (χ4v) is 5.63. The second-order valence-electron chi connectivity index (χ2n) is 11.8. The minimum atomic E-state index is -0.949. The molecule has 1 aromatic carbocycles. The lowest BCUT2D eigenvalue weighted by atomic mass is 9.85. The molecule has 4 atom stereocenters. The first-order chi connectivity index (χ1) is 19.6. The summed E-state index contributed by atoms with van der Waals surface area (Å²) in [6.45, 7) is 5.16. The van der Waals surface area contributed by atoms with Crippen LogP contribution >= 0.6 is 0 Å². The third-order valence-electron chi connectivity index (χ3n) is 7.96. The van der Waals surface area contributed by atoms with E-state index >= 15 is 0 Å². The van der Waals surface area contributed by atoms with Gasteiger partial charge in [-0.2, -0.15) is 0 Å². The van der Waals surface area contributed by atoms with Crippen LogP contribution in [0.3, 0.4) is 0 Å². The molecule has 9 heteroatoms. The van der Waals surface area contributed by atoms with Crippen molar-refractivity contribution in [2.45, 2.75) is 122 Å². The summed E-state index contributed by atoms with van der Waals surface area (Å²) in [7, 11) is 1.28. The van der Waals surface area contributed by atoms with Gasteiger partial charge < -0.3 is 25.8 Å². The smallest absolute Gasteiger partial charge is 0.306 e. The molecule has 1 fully saturated rings. The Morgan fingerprint density at radius 3 is 2.27 bits per heavy atom. The van der Waals surface area contributed by atoms with Crippen LogP contribution in [-0.2, 0) is 30.3 Å². The van der Waals surface area contributed by atoms with Gasteiger partial charge in [0, 0.05) is 19.4 Å². The van der Waals surface area contributed by atoms with E-state index in [1.54, 1.807) is 0 Å². The van der Waals surface area contributed by atoms with Crippen LogP contribution in [0.25, 0.3) is 0 Å². The summed E-state index contributed by atoms with van der Waals surface area (Å²) in [4.78, 5) is 49.3. The van der Waals surface area contributed by atoms with Crippen molar-refractivity contribution in [3.8, 4) is 0 Å². The molecule has 9 nitrogen and oxygen atoms in total. The highest BCUT2D eigenvalue weighted by Crippen LogP contribution is 2.28. The maximum Gasteiger partial charge on any atom is 0.306 e. The van der Waals surface area contributed by atoms with E-state index in [1.807, 2.05) is 44.2 Å². The van der Waals surface area contributed by atoms with Gasteiger partial charge >= 0.3 is 5.97 Å². The molecule has 230 valence electrons. The van der Waals surface area contributed by atoms with Crippen LogP contribution in [0.4, 0.5) is 0 Å². The minimum Gasteiger partial charge on any atom is -0.469 e. The van der Waals surface area contributed by atoms with Gasteiger partial charge in [0.15, 0.2) is 0 Å². The first-order valence-corrected chi connectivity index (χ1v) is 15.2. The Morgan fingerprint density at radius 1 is 0.976 bits per heavy atom. The lowest BCUT2D eigenvalue weighted by molar-refractivity contribution is -0.142. The molecule has 1 aliphatic carbocycles. The molecule has 0 bridgehead atoms. The highest BCUT2D eigenvalue weighted by molar-refractivity contribution is 5.87. The highest BCUT2D eigenvalue weighted by Gasteiger charge is 2.29. The molecule has 3 amide bonds. The molecule has 1 saturated carbocycles. The van der Waals surface area contributed by atoms with E-state index in [2.05, 4.69) is 20.7 Å². The summed E-state index contributed by atoms with van der Waals surface area (Å²) in [5, 5.41) is 20.2. The fraction of sp³-hybridized carbons (Fsp3) is 0.688. The minimum absolute atomic E-state index is 0.0426. The van der Waals surface area contributed by atoms with E-state index in [1.165, 1.54) is 46.1 Å². The van der Waals surface area contributed by atoms with Crippen molar-refractivity contribution >= 4 is 23.7 Å². The van der Waals surface area contributed by atoms with Gasteiger partial charge in [0.25, 0.3) is 0 Å². The summed E-state index contributed by atoms with van der Waals surface area (Å²) in [6.07, 6.45) is 8.64. The molecule has 4 N–H and O–H groups in total. The van der Waals surface area contributed by atoms with Gasteiger partial charge in [-0.1, -0.05) is 89.1 Å². The normalized spacial score (nSPS) is 16.7. The quantitative estimate of drug-likeness (QED) is 0.210. The second kappa shape index (κ2) is 18.5. The number of benzene rings is 1. The summed E-state index contributed by atoms with van der Waals surface area (Å²) >= 11 is 0. The zero-order valence-corrected chi connectivity index (χ0v) is 25.3. The number of methoxy groups -OCH3 is 1. The average molecular weight is 574 g/mol. The molecule has 41 heavy (non-hydrogen) atoms. The fourth-order valence-electron chi connectivity index (χ4n) is 5.63. The molecule has 0 heterocycles. The Kier molecular flexibility index (Phi) is 15.4. The van der Waals surface area contributed by atoms with Crippen molar-refractivity contribution in [2.24, 2.45) is 11.8 Å². The number of aliphatic hydroxyl groups is 1. The molecule has 0 spiro atoms. The molecule has 2 rings (SSSR count). The summed E-state index contributed by atoms with van der Waals surface area (Å²) < 4.78 is 4.64. The average Bonchev–Trinajstić information content (AvgIpc) is 2.95. The SMILES string of the molecule is COC(=O)CCC(=O)NC(Cc1ccccc1)[C@@H](O)CC(CCCC1CCCCC1)NC(=O)[C@@H](NC(C)=O)C(C)C. The van der Waals surface area contributed by atoms with E-state index in [0.717, 1.165) is 18.4 Å². The predicted molar refractivity (Wildman–Crippen MR) is 159 cm³/mol. The van der Waals surface area contributed by atoms with Gasteiger partial charge in [-0.3, -0.25) is 19.2 Å². The summed E-state index contributed by atoms with van der Waals surface area (Å²) in [5.41, 5.74) is 0.952. The van der Waals surface area contributed by atoms with Crippen LogP contribution in [0.2, 0.25) is 0 Å². The molecule has 1 aliphatic rings. The van der Waals surface area contributed by atoms with Crippen molar-refractivity contribution in [2.75, 3.05) is 7.11 Å². The van der Waals surface area contributed by atoms with Gasteiger partial charge in [-0.25, -0.2) is 0 Å². The van der Waals surface area contributed by atoms with Crippen molar-refractivity contribution in [3.63, 3.8) is 0 Å². The van der Waals surface area contributed by atoms with Crippen LogP contribution in [0.1, 0.15) is 97.0 Å². The lowest BCUT2D eigenvalue weighted by Crippen LogP contribution is -2.53. The molecule has 2 unspecified atom stereocenters. The Balaban J connectivity index is 2.15. The van der Waals surface area contributed by atoms with Gasteiger partial charge in [0.05, 0.1) is 25.7 Å². The topological polar surface area (TPSA) is 134 Å². The number of nitrogens with one attached hydrogen (secondary N) is 3. The van der Waals surface area contributed by atoms with Gasteiger partial charge in [-0.05, 0) is 36.7 Å². The number of carbonyl (C=O) groups excluding carboxylic acids is 4. The first kappa shape index (κ1) is 34.3. The molecule has 0 aliphatic heterocycles. The van der Waals surface area contributed by atoms with Crippen molar-refractivity contribution in [3.05, 3.63) is 35.9 Å². The van der Waals surface area contributed by atoms with E-state index in [9.17, 15) is 24.3 Å². The maximum atomic E-state index is 13.3. The predicted octanol–water partition coefficient (Wildman–Crippen LogP) is 3.81. The highest BCUT2D eigenvalue weighted by atomic mass is 16.5. The van der Waals surface area contributed by atoms with Crippen LogP contribution in [0.15, 0.2) is 30.3 Å². The van der Waals surface area contributed by atoms with E-state index in [4.69, 9.17) is 0 Å². The lowest BCUT2D eigenvalue weighted by Gasteiger charge is -2.30. The molecular weight excluding hydrogens is 522 g/mol. The summed E-state index contributed by atoms with van der Waals surface area (Å²) in [6, 6.07) is 7.96. The number of amides is 3. The van der Waals surface area contributed by atoms with E-state index in [0.29, 0.717) is 18.8 Å². The molecule has 0 aromatic heterocycles. The first-order valence-electron chi connectivity index (χ1n) is 15.2. The zero-order chi connectivity index (χ0) is 30.2. The molecule has 0 saturated heterocycles. The van der Waals surface area contributed by atoms with Crippen molar-refractivity contribution in [1.29, 1.82) is 0 Å². The second-order valence-corrected chi connectivity index (χ2v) is 11.8. The van der Waals surface area contributed by atoms with E-state index in [-0.39, 0.29) is 48.9 Å². The number of ether oxygens (including phenoxy) is 1. The zero-order valence-electron chi connectivity index (χ0n) is 25.3. The third-order valence-corrected chi connectivity index (χ3v) is 7.96. The number of esters is 1. The van der Waals surface area contributed by atoms with Gasteiger partial charge in [0.2, 0.25) is 17.7 Å². The Labute approximate surface area is 245 Å². The third kappa shape index (κ3) is 13.5. The number of hydrogen-bond acceptors (Lipinski definition) is 6. The van der Waals surface area contributed by atoms with Crippen LogP contribution in [-0.4, -0.2) is 60.1 Å². The molecular formula is C32H51N3O6. The Bertz CT molecular complexity index is 948. The summed E-state index contributed by atoms with van der Waals surface area (Å²) in [5.74, 6) is -0.768. The molecule has 0 radical (unpaired) electrons. The largest absolute Gasteiger partial charge is 0.469 e. The van der Waals surface area contributed by atoms with Crippen LogP contribution in [0, 0.1) is 11.8 Å². The van der Waals surface area contributed by atoms with Crippen molar-refractivity contribution in [1.82, 2.24) is 16.0 Å². The number of aliphatic hydroxyl groups excluding tert-OH is 1. The van der Waals surface area contributed by atoms with Crippen LogP contribution in [0.5, 0.6) is 0 Å². The van der Waals surface area contributed by atoms with Crippen molar-refractivity contribution < 1.29 is 29.0 Å². The number of rotatable bonds is 17. The van der Waals surface area contributed by atoms with Gasteiger partial charge in [-0.15, -0.1) is 0 Å². The Hall–Kier alpha value is -2.94. The number of hydrogen-bond donors (Lipinski definition) is 4. The maximum absolute atomic E-state index is 13.3. The van der Waals surface area contributed by atoms with Gasteiger partial charge in [0.1, 0.15) is 6.04 Å². The monoisotopic (exact) mass is 573 g/mol. The number of carbonyl (C=O) groups is 4. The van der Waals surface area contributed by atoms with Crippen LogP contribution < -0.4 is 16.0 Å².